The lowest BCUT2D eigenvalue weighted by atomic mass is 11.8. The summed E-state index contributed by atoms with van der Waals surface area (Å²) in [6.07, 6.45) is 0. The van der Waals surface area contributed by atoms with Gasteiger partial charge < -0.3 is 21.2 Å². The van der Waals surface area contributed by atoms with Crippen LogP contribution in [0.3, 0.4) is 0 Å². The van der Waals surface area contributed by atoms with Gasteiger partial charge >= 0.3 is 17.6 Å². The van der Waals surface area contributed by atoms with Crippen LogP contribution >= 0.6 is 0 Å². The zero-order valence-electron chi connectivity index (χ0n) is 14.0. The Morgan fingerprint density at radius 3 is 0.895 bits per heavy atom. The standard InChI is InChI=1S/C10H30O5Si4/c1-11-18(9,13-16(3,4)5)15-19(10,12-2)14-17(6,7)8/h1-10H3. The maximum atomic E-state index is 6.13. The van der Waals surface area contributed by atoms with E-state index in [1.165, 1.54) is 0 Å². The van der Waals surface area contributed by atoms with Crippen LogP contribution in [0.4, 0.5) is 0 Å². The molecule has 0 radical (unpaired) electrons. The molecule has 0 spiro atoms. The van der Waals surface area contributed by atoms with Crippen LogP contribution in [-0.2, 0) is 21.2 Å². The summed E-state index contributed by atoms with van der Waals surface area (Å²) in [5.74, 6) is 0. The van der Waals surface area contributed by atoms with Crippen LogP contribution in [0.5, 0.6) is 0 Å². The molecular weight excluding hydrogens is 312 g/mol. The van der Waals surface area contributed by atoms with Crippen molar-refractivity contribution in [2.45, 2.75) is 52.4 Å². The third-order valence-corrected chi connectivity index (χ3v) is 14.4. The molecule has 0 aliphatic carbocycles. The van der Waals surface area contributed by atoms with Crippen molar-refractivity contribution in [1.29, 1.82) is 0 Å². The predicted molar refractivity (Wildman–Crippen MR) is 87.2 cm³/mol. The van der Waals surface area contributed by atoms with Crippen LogP contribution in [0.15, 0.2) is 0 Å². The summed E-state index contributed by atoms with van der Waals surface area (Å²) in [4.78, 5) is 0. The van der Waals surface area contributed by atoms with E-state index in [0.717, 1.165) is 0 Å². The van der Waals surface area contributed by atoms with Gasteiger partial charge in [0.15, 0.2) is 16.6 Å². The van der Waals surface area contributed by atoms with Gasteiger partial charge in [-0.1, -0.05) is 0 Å². The average molecular weight is 343 g/mol. The Morgan fingerprint density at radius 2 is 0.737 bits per heavy atom. The molecule has 5 nitrogen and oxygen atoms in total. The van der Waals surface area contributed by atoms with E-state index in [9.17, 15) is 0 Å². The number of hydrogen-bond donors (Lipinski definition) is 0. The van der Waals surface area contributed by atoms with E-state index >= 15 is 0 Å². The number of hydrogen-bond acceptors (Lipinski definition) is 5. The quantitative estimate of drug-likeness (QED) is 0.634. The minimum Gasteiger partial charge on any atom is -0.416 e. The van der Waals surface area contributed by atoms with Gasteiger partial charge in [0.1, 0.15) is 0 Å². The Morgan fingerprint density at radius 1 is 0.474 bits per heavy atom. The van der Waals surface area contributed by atoms with Gasteiger partial charge in [0, 0.05) is 27.3 Å². The average Bonchev–Trinajstić information content (AvgIpc) is 2.11. The van der Waals surface area contributed by atoms with Crippen LogP contribution in [0.25, 0.3) is 0 Å². The molecule has 0 bridgehead atoms. The van der Waals surface area contributed by atoms with E-state index in [1.807, 2.05) is 13.1 Å². The highest BCUT2D eigenvalue weighted by Gasteiger charge is 2.50. The summed E-state index contributed by atoms with van der Waals surface area (Å²) in [7, 11) is -5.68. The fourth-order valence-electron chi connectivity index (χ4n) is 1.66. The second-order valence-corrected chi connectivity index (χ2v) is 21.8. The molecule has 0 aromatic carbocycles. The van der Waals surface area contributed by atoms with Gasteiger partial charge in [-0.2, -0.15) is 0 Å². The topological polar surface area (TPSA) is 46.2 Å². The van der Waals surface area contributed by atoms with Crippen LogP contribution in [0.1, 0.15) is 0 Å². The highest BCUT2D eigenvalue weighted by molar-refractivity contribution is 6.86. The molecule has 0 aliphatic rings. The fourth-order valence-corrected chi connectivity index (χ4v) is 15.7. The summed E-state index contributed by atoms with van der Waals surface area (Å²) < 4.78 is 29.4. The summed E-state index contributed by atoms with van der Waals surface area (Å²) in [6.45, 7) is 16.5. The van der Waals surface area contributed by atoms with Gasteiger partial charge in [0.2, 0.25) is 0 Å². The first-order valence-corrected chi connectivity index (χ1v) is 17.7. The Hall–Kier alpha value is 0.668. The third-order valence-electron chi connectivity index (χ3n) is 2.10. The zero-order valence-corrected chi connectivity index (χ0v) is 18.0. The molecular formula is C10H30O5Si4. The highest BCUT2D eigenvalue weighted by Crippen LogP contribution is 2.24. The second kappa shape index (κ2) is 6.62. The molecule has 9 heteroatoms. The lowest BCUT2D eigenvalue weighted by Gasteiger charge is -2.39. The Bertz CT molecular complexity index is 263. The second-order valence-electron chi connectivity index (χ2n) is 6.66. The third kappa shape index (κ3) is 8.52. The summed E-state index contributed by atoms with van der Waals surface area (Å²) >= 11 is 0. The summed E-state index contributed by atoms with van der Waals surface area (Å²) in [5.41, 5.74) is 0. The number of rotatable bonds is 8. The summed E-state index contributed by atoms with van der Waals surface area (Å²) in [6, 6.07) is 0. The van der Waals surface area contributed by atoms with Crippen molar-refractivity contribution in [3.63, 3.8) is 0 Å². The fraction of sp³-hybridized carbons (Fsp3) is 1.00. The van der Waals surface area contributed by atoms with Crippen molar-refractivity contribution in [3.05, 3.63) is 0 Å². The van der Waals surface area contributed by atoms with Gasteiger partial charge in [-0.3, -0.25) is 0 Å². The molecule has 0 fully saturated rings. The molecule has 2 atom stereocenters. The smallest absolute Gasteiger partial charge is 0.416 e. The normalized spacial score (nSPS) is 19.9. The molecule has 0 aromatic heterocycles. The molecule has 19 heavy (non-hydrogen) atoms. The van der Waals surface area contributed by atoms with Gasteiger partial charge in [0.25, 0.3) is 0 Å². The lowest BCUT2D eigenvalue weighted by Crippen LogP contribution is -2.60. The van der Waals surface area contributed by atoms with Crippen LogP contribution in [0, 0.1) is 0 Å². The van der Waals surface area contributed by atoms with Gasteiger partial charge in [-0.25, -0.2) is 0 Å². The van der Waals surface area contributed by atoms with E-state index in [0.29, 0.717) is 0 Å². The minimum atomic E-state index is -2.72. The van der Waals surface area contributed by atoms with E-state index in [2.05, 4.69) is 39.3 Å². The van der Waals surface area contributed by atoms with Crippen molar-refractivity contribution in [3.8, 4) is 0 Å². The van der Waals surface area contributed by atoms with Crippen molar-refractivity contribution >= 4 is 34.2 Å². The first-order chi connectivity index (χ1) is 8.24. The van der Waals surface area contributed by atoms with Gasteiger partial charge in [0.05, 0.1) is 0 Å². The lowest BCUT2D eigenvalue weighted by molar-refractivity contribution is 0.136. The zero-order chi connectivity index (χ0) is 15.5. The molecule has 0 heterocycles. The van der Waals surface area contributed by atoms with Crippen LogP contribution in [-0.4, -0.2) is 48.5 Å². The molecule has 0 saturated heterocycles. The summed E-state index contributed by atoms with van der Waals surface area (Å²) in [5, 5.41) is 0. The maximum absolute atomic E-state index is 6.13. The van der Waals surface area contributed by atoms with Gasteiger partial charge in [-0.15, -0.1) is 0 Å². The van der Waals surface area contributed by atoms with Crippen molar-refractivity contribution in [1.82, 2.24) is 0 Å². The molecule has 2 unspecified atom stereocenters. The molecule has 0 saturated carbocycles. The molecule has 0 rings (SSSR count). The van der Waals surface area contributed by atoms with Crippen molar-refractivity contribution in [2.75, 3.05) is 14.2 Å². The van der Waals surface area contributed by atoms with Crippen LogP contribution < -0.4 is 0 Å². The van der Waals surface area contributed by atoms with Gasteiger partial charge in [-0.05, 0) is 39.3 Å². The molecule has 0 N–H and O–H groups in total. The van der Waals surface area contributed by atoms with E-state index in [4.69, 9.17) is 21.2 Å². The molecule has 0 aromatic rings. The first-order valence-electron chi connectivity index (χ1n) is 6.45. The minimum absolute atomic E-state index is 1.63. The largest absolute Gasteiger partial charge is 0.479 e. The van der Waals surface area contributed by atoms with Crippen LogP contribution in [0.2, 0.25) is 52.4 Å². The Labute approximate surface area is 122 Å². The maximum Gasteiger partial charge on any atom is 0.479 e. The molecule has 116 valence electrons. The van der Waals surface area contributed by atoms with E-state index < -0.39 is 34.2 Å². The molecule has 0 amide bonds. The first kappa shape index (κ1) is 19.7. The highest BCUT2D eigenvalue weighted by atomic mass is 28.5. The van der Waals surface area contributed by atoms with Crippen molar-refractivity contribution in [2.24, 2.45) is 0 Å². The predicted octanol–water partition coefficient (Wildman–Crippen LogP) is 3.14. The van der Waals surface area contributed by atoms with E-state index in [1.54, 1.807) is 14.2 Å². The monoisotopic (exact) mass is 342 g/mol. The Balaban J connectivity index is 5.00. The molecule has 0 aliphatic heterocycles. The van der Waals surface area contributed by atoms with E-state index in [-0.39, 0.29) is 0 Å². The SMILES string of the molecule is CO[Si](C)(O[Si](C)(C)C)O[Si](C)(OC)O[Si](C)(C)C. The Kier molecular flexibility index (Phi) is 6.85. The van der Waals surface area contributed by atoms with Crippen molar-refractivity contribution < 1.29 is 21.2 Å².